The standard InChI is InChI=1S/C25H31N5O3/c1-18(2)33-22-8-7-19(13-20(22)17-31-3)15-30-11-12-32-23(16-30)21-5-4-6-24(28-21)29-25-14-26-9-10-27-25/h4-10,13-14,18,23H,11-12,15-17H2,1-3H3,(H,27,28,29)/t23-/m0/s1. The van der Waals surface area contributed by atoms with Crippen molar-refractivity contribution in [1.29, 1.82) is 0 Å². The van der Waals surface area contributed by atoms with Crippen LogP contribution in [0.3, 0.4) is 0 Å². The Balaban J connectivity index is 1.43. The number of benzene rings is 1. The van der Waals surface area contributed by atoms with Gasteiger partial charge < -0.3 is 19.5 Å². The van der Waals surface area contributed by atoms with Gasteiger partial charge in [-0.3, -0.25) is 9.88 Å². The first-order chi connectivity index (χ1) is 16.1. The second kappa shape index (κ2) is 11.2. The van der Waals surface area contributed by atoms with E-state index in [0.717, 1.165) is 42.5 Å². The van der Waals surface area contributed by atoms with Gasteiger partial charge in [-0.25, -0.2) is 9.97 Å². The first-order valence-electron chi connectivity index (χ1n) is 11.2. The molecule has 0 unspecified atom stereocenters. The van der Waals surface area contributed by atoms with Gasteiger partial charge in [-0.1, -0.05) is 12.1 Å². The van der Waals surface area contributed by atoms with E-state index in [4.69, 9.17) is 19.2 Å². The SMILES string of the molecule is COCc1cc(CN2CCO[C@H](c3cccc(Nc4cnccn4)n3)C2)ccc1OC(C)C. The third-order valence-corrected chi connectivity index (χ3v) is 5.26. The number of ether oxygens (including phenoxy) is 3. The lowest BCUT2D eigenvalue weighted by Gasteiger charge is -2.33. The lowest BCUT2D eigenvalue weighted by molar-refractivity contribution is -0.0349. The van der Waals surface area contributed by atoms with Gasteiger partial charge in [0.1, 0.15) is 23.5 Å². The minimum atomic E-state index is -0.0932. The summed E-state index contributed by atoms with van der Waals surface area (Å²) in [7, 11) is 1.71. The van der Waals surface area contributed by atoms with Gasteiger partial charge in [-0.05, 0) is 43.7 Å². The maximum atomic E-state index is 6.06. The molecule has 0 spiro atoms. The van der Waals surface area contributed by atoms with Crippen LogP contribution in [-0.4, -0.2) is 52.8 Å². The van der Waals surface area contributed by atoms with Crippen molar-refractivity contribution in [2.75, 3.05) is 32.1 Å². The first kappa shape index (κ1) is 23.1. The molecule has 1 aliphatic heterocycles. The molecule has 2 aromatic heterocycles. The Morgan fingerprint density at radius 3 is 2.88 bits per heavy atom. The zero-order valence-corrected chi connectivity index (χ0v) is 19.4. The molecule has 0 amide bonds. The van der Waals surface area contributed by atoms with Gasteiger partial charge in [0.25, 0.3) is 0 Å². The van der Waals surface area contributed by atoms with Crippen LogP contribution in [0, 0.1) is 0 Å². The molecule has 1 fully saturated rings. The number of methoxy groups -OCH3 is 1. The highest BCUT2D eigenvalue weighted by Gasteiger charge is 2.23. The maximum Gasteiger partial charge on any atom is 0.150 e. The van der Waals surface area contributed by atoms with E-state index in [1.54, 1.807) is 25.7 Å². The van der Waals surface area contributed by atoms with Gasteiger partial charge >= 0.3 is 0 Å². The molecule has 0 aliphatic carbocycles. The highest BCUT2D eigenvalue weighted by atomic mass is 16.5. The average molecular weight is 450 g/mol. The van der Waals surface area contributed by atoms with Crippen molar-refractivity contribution in [1.82, 2.24) is 19.9 Å². The van der Waals surface area contributed by atoms with Crippen molar-refractivity contribution in [3.8, 4) is 5.75 Å². The van der Waals surface area contributed by atoms with Crippen LogP contribution in [0.15, 0.2) is 55.0 Å². The number of pyridine rings is 1. The lowest BCUT2D eigenvalue weighted by Crippen LogP contribution is -2.38. The third-order valence-electron chi connectivity index (χ3n) is 5.26. The fourth-order valence-corrected chi connectivity index (χ4v) is 3.85. The predicted octanol–water partition coefficient (Wildman–Crippen LogP) is 4.12. The van der Waals surface area contributed by atoms with E-state index in [9.17, 15) is 0 Å². The number of hydrogen-bond donors (Lipinski definition) is 1. The van der Waals surface area contributed by atoms with E-state index in [1.165, 1.54) is 5.56 Å². The predicted molar refractivity (Wildman–Crippen MR) is 126 cm³/mol. The van der Waals surface area contributed by atoms with Crippen LogP contribution >= 0.6 is 0 Å². The van der Waals surface area contributed by atoms with Crippen LogP contribution < -0.4 is 10.1 Å². The Labute approximate surface area is 194 Å². The van der Waals surface area contributed by atoms with Crippen LogP contribution in [0.25, 0.3) is 0 Å². The smallest absolute Gasteiger partial charge is 0.150 e. The summed E-state index contributed by atoms with van der Waals surface area (Å²) >= 11 is 0. The molecular weight excluding hydrogens is 418 g/mol. The van der Waals surface area contributed by atoms with Crippen molar-refractivity contribution in [2.24, 2.45) is 0 Å². The van der Waals surface area contributed by atoms with Gasteiger partial charge in [-0.2, -0.15) is 0 Å². The first-order valence-corrected chi connectivity index (χ1v) is 11.2. The molecule has 8 nitrogen and oxygen atoms in total. The monoisotopic (exact) mass is 449 g/mol. The van der Waals surface area contributed by atoms with Gasteiger partial charge in [0, 0.05) is 44.7 Å². The van der Waals surface area contributed by atoms with Crippen molar-refractivity contribution in [2.45, 2.75) is 39.2 Å². The van der Waals surface area contributed by atoms with Crippen LogP contribution in [-0.2, 0) is 22.6 Å². The number of morpholine rings is 1. The molecule has 1 atom stereocenters. The van der Waals surface area contributed by atoms with Crippen molar-refractivity contribution in [3.05, 3.63) is 71.8 Å². The van der Waals surface area contributed by atoms with Crippen molar-refractivity contribution >= 4 is 11.6 Å². The number of nitrogens with one attached hydrogen (secondary N) is 1. The number of nitrogens with zero attached hydrogens (tertiary/aromatic N) is 4. The van der Waals surface area contributed by atoms with Gasteiger partial charge in [-0.15, -0.1) is 0 Å². The minimum absolute atomic E-state index is 0.0932. The number of aromatic nitrogens is 3. The molecule has 0 saturated carbocycles. The summed E-state index contributed by atoms with van der Waals surface area (Å²) in [5.41, 5.74) is 3.19. The fourth-order valence-electron chi connectivity index (χ4n) is 3.85. The summed E-state index contributed by atoms with van der Waals surface area (Å²) in [5, 5.41) is 3.19. The Morgan fingerprint density at radius 2 is 2.09 bits per heavy atom. The Kier molecular flexibility index (Phi) is 7.83. The molecule has 1 aliphatic rings. The molecule has 3 aromatic rings. The Bertz CT molecular complexity index is 1030. The van der Waals surface area contributed by atoms with Crippen molar-refractivity contribution in [3.63, 3.8) is 0 Å². The van der Waals surface area contributed by atoms with E-state index in [0.29, 0.717) is 19.0 Å². The molecule has 1 saturated heterocycles. The number of anilines is 2. The summed E-state index contributed by atoms with van der Waals surface area (Å²) in [6, 6.07) is 12.3. The van der Waals surface area contributed by atoms with E-state index in [2.05, 4.69) is 32.3 Å². The average Bonchev–Trinajstić information content (AvgIpc) is 2.82. The van der Waals surface area contributed by atoms with Crippen LogP contribution in [0.5, 0.6) is 5.75 Å². The zero-order chi connectivity index (χ0) is 23.0. The highest BCUT2D eigenvalue weighted by Crippen LogP contribution is 2.26. The molecule has 0 radical (unpaired) electrons. The quantitative estimate of drug-likeness (QED) is 0.522. The lowest BCUT2D eigenvalue weighted by atomic mass is 10.1. The fraction of sp³-hybridized carbons (Fsp3) is 0.400. The Hall–Kier alpha value is -3.07. The largest absolute Gasteiger partial charge is 0.491 e. The third kappa shape index (κ3) is 6.47. The molecule has 1 N–H and O–H groups in total. The van der Waals surface area contributed by atoms with E-state index >= 15 is 0 Å². The maximum absolute atomic E-state index is 6.06. The zero-order valence-electron chi connectivity index (χ0n) is 19.4. The molecular formula is C25H31N5O3. The molecule has 3 heterocycles. The molecule has 33 heavy (non-hydrogen) atoms. The highest BCUT2D eigenvalue weighted by molar-refractivity contribution is 5.50. The molecule has 1 aromatic carbocycles. The van der Waals surface area contributed by atoms with E-state index < -0.39 is 0 Å². The number of hydrogen-bond acceptors (Lipinski definition) is 8. The van der Waals surface area contributed by atoms with Crippen LogP contribution in [0.4, 0.5) is 11.6 Å². The molecule has 0 bridgehead atoms. The Morgan fingerprint density at radius 1 is 1.18 bits per heavy atom. The molecule has 8 heteroatoms. The van der Waals surface area contributed by atoms with Gasteiger partial charge in [0.2, 0.25) is 0 Å². The second-order valence-electron chi connectivity index (χ2n) is 8.30. The summed E-state index contributed by atoms with van der Waals surface area (Å²) in [6.07, 6.45) is 4.99. The summed E-state index contributed by atoms with van der Waals surface area (Å²) in [5.74, 6) is 2.26. The topological polar surface area (TPSA) is 81.6 Å². The minimum Gasteiger partial charge on any atom is -0.491 e. The summed E-state index contributed by atoms with van der Waals surface area (Å²) in [4.78, 5) is 15.5. The van der Waals surface area contributed by atoms with Crippen molar-refractivity contribution < 1.29 is 14.2 Å². The normalized spacial score (nSPS) is 16.7. The number of rotatable bonds is 9. The van der Waals surface area contributed by atoms with E-state index in [-0.39, 0.29) is 12.2 Å². The van der Waals surface area contributed by atoms with Crippen LogP contribution in [0.2, 0.25) is 0 Å². The molecule has 4 rings (SSSR count). The van der Waals surface area contributed by atoms with Crippen LogP contribution in [0.1, 0.15) is 36.8 Å². The summed E-state index contributed by atoms with van der Waals surface area (Å²) in [6.45, 7) is 7.72. The van der Waals surface area contributed by atoms with Gasteiger partial charge in [0.05, 0.1) is 31.2 Å². The second-order valence-corrected chi connectivity index (χ2v) is 8.30. The van der Waals surface area contributed by atoms with Gasteiger partial charge in [0.15, 0.2) is 0 Å². The van der Waals surface area contributed by atoms with E-state index in [1.807, 2.05) is 38.1 Å². The summed E-state index contributed by atoms with van der Waals surface area (Å²) < 4.78 is 17.4. The molecule has 174 valence electrons.